The van der Waals surface area contributed by atoms with Crippen molar-refractivity contribution in [3.05, 3.63) is 59.2 Å². The molecule has 3 rings (SSSR count). The summed E-state index contributed by atoms with van der Waals surface area (Å²) in [7, 11) is 0. The van der Waals surface area contributed by atoms with Gasteiger partial charge in [0.05, 0.1) is 10.5 Å². The van der Waals surface area contributed by atoms with Crippen molar-refractivity contribution >= 4 is 34.1 Å². The number of nitrogens with one attached hydrogen (secondary N) is 2. The SMILES string of the molecule is O=C(Nc1cccc(O)c1)c1cc2cccc(Cl)c2[nH]1. The van der Waals surface area contributed by atoms with E-state index >= 15 is 0 Å². The summed E-state index contributed by atoms with van der Waals surface area (Å²) < 4.78 is 0. The van der Waals surface area contributed by atoms with E-state index in [0.29, 0.717) is 16.4 Å². The van der Waals surface area contributed by atoms with E-state index in [1.807, 2.05) is 12.1 Å². The fraction of sp³-hybridized carbons (Fsp3) is 0. The van der Waals surface area contributed by atoms with Crippen LogP contribution in [0.4, 0.5) is 5.69 Å². The molecule has 0 aliphatic carbocycles. The van der Waals surface area contributed by atoms with Gasteiger partial charge in [-0.25, -0.2) is 0 Å². The summed E-state index contributed by atoms with van der Waals surface area (Å²) in [4.78, 5) is 15.1. The summed E-state index contributed by atoms with van der Waals surface area (Å²) in [6, 6.07) is 13.6. The second kappa shape index (κ2) is 4.90. The summed E-state index contributed by atoms with van der Waals surface area (Å²) >= 11 is 6.06. The zero-order valence-corrected chi connectivity index (χ0v) is 11.1. The number of anilines is 1. The third kappa shape index (κ3) is 2.33. The van der Waals surface area contributed by atoms with Gasteiger partial charge in [-0.2, -0.15) is 0 Å². The standard InChI is InChI=1S/C15H11ClN2O2/c16-12-6-1-3-9-7-13(18-14(9)12)15(20)17-10-4-2-5-11(19)8-10/h1-8,18-19H,(H,17,20). The van der Waals surface area contributed by atoms with Crippen molar-refractivity contribution in [2.24, 2.45) is 0 Å². The van der Waals surface area contributed by atoms with Gasteiger partial charge in [0.25, 0.3) is 5.91 Å². The summed E-state index contributed by atoms with van der Waals surface area (Å²) in [5.74, 6) is -0.189. The smallest absolute Gasteiger partial charge is 0.272 e. The third-order valence-electron chi connectivity index (χ3n) is 2.95. The van der Waals surface area contributed by atoms with Crippen molar-refractivity contribution in [3.63, 3.8) is 0 Å². The molecule has 0 aliphatic heterocycles. The van der Waals surface area contributed by atoms with E-state index in [2.05, 4.69) is 10.3 Å². The number of carbonyl (C=O) groups is 1. The van der Waals surface area contributed by atoms with Gasteiger partial charge in [0, 0.05) is 17.1 Å². The predicted octanol–water partition coefficient (Wildman–Crippen LogP) is 3.78. The number of carbonyl (C=O) groups excluding carboxylic acids is 1. The Morgan fingerprint density at radius 1 is 1.15 bits per heavy atom. The molecule has 0 spiro atoms. The van der Waals surface area contributed by atoms with Gasteiger partial charge in [-0.3, -0.25) is 4.79 Å². The van der Waals surface area contributed by atoms with Crippen molar-refractivity contribution in [2.45, 2.75) is 0 Å². The normalized spacial score (nSPS) is 10.7. The Morgan fingerprint density at radius 3 is 2.70 bits per heavy atom. The minimum atomic E-state index is -0.289. The van der Waals surface area contributed by atoms with Gasteiger partial charge >= 0.3 is 0 Å². The predicted molar refractivity (Wildman–Crippen MR) is 79.4 cm³/mol. The molecule has 0 atom stereocenters. The van der Waals surface area contributed by atoms with Crippen LogP contribution in [0.25, 0.3) is 10.9 Å². The molecule has 0 saturated heterocycles. The molecule has 0 radical (unpaired) electrons. The van der Waals surface area contributed by atoms with Gasteiger partial charge in [0.15, 0.2) is 0 Å². The molecule has 100 valence electrons. The number of hydrogen-bond acceptors (Lipinski definition) is 2. The fourth-order valence-corrected chi connectivity index (χ4v) is 2.25. The Bertz CT molecular complexity index is 795. The van der Waals surface area contributed by atoms with Crippen LogP contribution in [0.1, 0.15) is 10.5 Å². The molecule has 2 aromatic carbocycles. The van der Waals surface area contributed by atoms with Crippen LogP contribution >= 0.6 is 11.6 Å². The molecule has 3 N–H and O–H groups in total. The zero-order valence-electron chi connectivity index (χ0n) is 10.4. The van der Waals surface area contributed by atoms with E-state index in [-0.39, 0.29) is 11.7 Å². The highest BCUT2D eigenvalue weighted by molar-refractivity contribution is 6.35. The number of rotatable bonds is 2. The average molecular weight is 287 g/mol. The minimum Gasteiger partial charge on any atom is -0.508 e. The largest absolute Gasteiger partial charge is 0.508 e. The third-order valence-corrected chi connectivity index (χ3v) is 3.27. The number of para-hydroxylation sites is 1. The molecule has 4 nitrogen and oxygen atoms in total. The number of benzene rings is 2. The maximum atomic E-state index is 12.1. The Hall–Kier alpha value is -2.46. The lowest BCUT2D eigenvalue weighted by Gasteiger charge is -2.03. The Balaban J connectivity index is 1.91. The molecule has 0 saturated carbocycles. The lowest BCUT2D eigenvalue weighted by molar-refractivity contribution is 0.102. The maximum Gasteiger partial charge on any atom is 0.272 e. The van der Waals surface area contributed by atoms with Crippen molar-refractivity contribution in [1.29, 1.82) is 0 Å². The number of aromatic nitrogens is 1. The summed E-state index contributed by atoms with van der Waals surface area (Å²) in [6.45, 7) is 0. The number of hydrogen-bond donors (Lipinski definition) is 3. The summed E-state index contributed by atoms with van der Waals surface area (Å²) in [5.41, 5.74) is 1.67. The lowest BCUT2D eigenvalue weighted by Crippen LogP contribution is -2.11. The second-order valence-electron chi connectivity index (χ2n) is 4.39. The van der Waals surface area contributed by atoms with E-state index < -0.39 is 0 Å². The molecule has 3 aromatic rings. The van der Waals surface area contributed by atoms with Crippen LogP contribution in [-0.2, 0) is 0 Å². The van der Waals surface area contributed by atoms with Crippen LogP contribution in [0.2, 0.25) is 5.02 Å². The number of phenols is 1. The molecule has 1 amide bonds. The molecule has 1 heterocycles. The highest BCUT2D eigenvalue weighted by Crippen LogP contribution is 2.24. The van der Waals surface area contributed by atoms with Crippen LogP contribution in [0.3, 0.4) is 0 Å². The van der Waals surface area contributed by atoms with E-state index in [0.717, 1.165) is 10.9 Å². The first-order valence-electron chi connectivity index (χ1n) is 6.01. The van der Waals surface area contributed by atoms with Gasteiger partial charge in [0.1, 0.15) is 11.4 Å². The highest BCUT2D eigenvalue weighted by Gasteiger charge is 2.11. The number of fused-ring (bicyclic) bond motifs is 1. The summed E-state index contributed by atoms with van der Waals surface area (Å²) in [5, 5.41) is 13.5. The Kier molecular flexibility index (Phi) is 3.08. The van der Waals surface area contributed by atoms with Crippen LogP contribution in [0.5, 0.6) is 5.75 Å². The van der Waals surface area contributed by atoms with Gasteiger partial charge in [-0.05, 0) is 24.3 Å². The van der Waals surface area contributed by atoms with Gasteiger partial charge in [-0.15, -0.1) is 0 Å². The van der Waals surface area contributed by atoms with E-state index in [9.17, 15) is 9.90 Å². The van der Waals surface area contributed by atoms with E-state index in [4.69, 9.17) is 11.6 Å². The highest BCUT2D eigenvalue weighted by atomic mass is 35.5. The topological polar surface area (TPSA) is 65.1 Å². The fourth-order valence-electron chi connectivity index (χ4n) is 2.02. The van der Waals surface area contributed by atoms with Crippen LogP contribution in [0.15, 0.2) is 48.5 Å². The molecule has 0 unspecified atom stereocenters. The number of H-pyrrole nitrogens is 1. The number of aromatic hydroxyl groups is 1. The summed E-state index contributed by atoms with van der Waals surface area (Å²) in [6.07, 6.45) is 0. The van der Waals surface area contributed by atoms with Gasteiger partial charge < -0.3 is 15.4 Å². The first-order chi connectivity index (χ1) is 9.63. The average Bonchev–Trinajstić information content (AvgIpc) is 2.84. The van der Waals surface area contributed by atoms with Crippen LogP contribution in [0, 0.1) is 0 Å². The number of amides is 1. The molecule has 5 heteroatoms. The molecule has 0 aliphatic rings. The van der Waals surface area contributed by atoms with Crippen LogP contribution < -0.4 is 5.32 Å². The Labute approximate surface area is 120 Å². The molecule has 20 heavy (non-hydrogen) atoms. The monoisotopic (exact) mass is 286 g/mol. The van der Waals surface area contributed by atoms with E-state index in [1.165, 1.54) is 6.07 Å². The van der Waals surface area contributed by atoms with Crippen molar-refractivity contribution in [3.8, 4) is 5.75 Å². The Morgan fingerprint density at radius 2 is 1.95 bits per heavy atom. The quantitative estimate of drug-likeness (QED) is 0.671. The molecule has 0 bridgehead atoms. The molecule has 1 aromatic heterocycles. The van der Waals surface area contributed by atoms with E-state index in [1.54, 1.807) is 30.3 Å². The number of aromatic amines is 1. The molecular weight excluding hydrogens is 276 g/mol. The zero-order chi connectivity index (χ0) is 14.1. The lowest BCUT2D eigenvalue weighted by atomic mass is 10.2. The van der Waals surface area contributed by atoms with Crippen molar-refractivity contribution < 1.29 is 9.90 Å². The number of halogens is 1. The van der Waals surface area contributed by atoms with Crippen LogP contribution in [-0.4, -0.2) is 16.0 Å². The minimum absolute atomic E-state index is 0.0995. The second-order valence-corrected chi connectivity index (χ2v) is 4.80. The van der Waals surface area contributed by atoms with Gasteiger partial charge in [0.2, 0.25) is 0 Å². The van der Waals surface area contributed by atoms with Crippen molar-refractivity contribution in [2.75, 3.05) is 5.32 Å². The van der Waals surface area contributed by atoms with Gasteiger partial charge in [-0.1, -0.05) is 29.8 Å². The number of phenolic OH excluding ortho intramolecular Hbond substituents is 1. The maximum absolute atomic E-state index is 12.1. The van der Waals surface area contributed by atoms with Crippen molar-refractivity contribution in [1.82, 2.24) is 4.98 Å². The molecular formula is C15H11ClN2O2. The first kappa shape index (κ1) is 12.6. The molecule has 0 fully saturated rings. The first-order valence-corrected chi connectivity index (χ1v) is 6.39.